The first-order valence-corrected chi connectivity index (χ1v) is 8.73. The molecule has 1 aliphatic heterocycles. The molecule has 1 fully saturated rings. The normalized spacial score (nSPS) is 17.2. The van der Waals surface area contributed by atoms with Crippen molar-refractivity contribution in [1.29, 1.82) is 0 Å². The Kier molecular flexibility index (Phi) is 5.38. The fourth-order valence-electron chi connectivity index (χ4n) is 2.46. The molecule has 0 bridgehead atoms. The first kappa shape index (κ1) is 16.4. The zero-order chi connectivity index (χ0) is 15.5. The molecule has 1 amide bonds. The zero-order valence-corrected chi connectivity index (χ0v) is 14.5. The Labute approximate surface area is 132 Å². The summed E-state index contributed by atoms with van der Waals surface area (Å²) in [6, 6.07) is 0. The quantitative estimate of drug-likeness (QED) is 0.857. The van der Waals surface area contributed by atoms with Crippen molar-refractivity contribution in [2.75, 3.05) is 32.7 Å². The molecule has 2 rings (SSSR count). The first-order chi connectivity index (χ1) is 9.90. The molecule has 1 aliphatic rings. The van der Waals surface area contributed by atoms with Crippen LogP contribution in [-0.4, -0.2) is 53.4 Å². The van der Waals surface area contributed by atoms with Gasteiger partial charge < -0.3 is 9.80 Å². The molecule has 0 aromatic carbocycles. The van der Waals surface area contributed by atoms with Crippen LogP contribution in [0.2, 0.25) is 0 Å². The van der Waals surface area contributed by atoms with Crippen molar-refractivity contribution in [2.24, 2.45) is 0 Å². The van der Waals surface area contributed by atoms with E-state index in [4.69, 9.17) is 0 Å². The number of rotatable bonds is 4. The van der Waals surface area contributed by atoms with Crippen LogP contribution >= 0.6 is 11.3 Å². The summed E-state index contributed by atoms with van der Waals surface area (Å²) in [5.41, 5.74) is 1.22. The van der Waals surface area contributed by atoms with Gasteiger partial charge in [0.15, 0.2) is 0 Å². The number of hydrogen-bond acceptors (Lipinski definition) is 4. The molecule has 1 saturated heterocycles. The number of carbonyl (C=O) groups excluding carboxylic acids is 1. The second-order valence-corrected chi connectivity index (χ2v) is 7.63. The van der Waals surface area contributed by atoms with Gasteiger partial charge in [-0.3, -0.25) is 4.79 Å². The predicted molar refractivity (Wildman–Crippen MR) is 87.8 cm³/mol. The summed E-state index contributed by atoms with van der Waals surface area (Å²) in [5.74, 6) is 0.276. The van der Waals surface area contributed by atoms with Gasteiger partial charge in [-0.25, -0.2) is 4.98 Å². The first-order valence-electron chi connectivity index (χ1n) is 7.85. The van der Waals surface area contributed by atoms with Gasteiger partial charge in [0.25, 0.3) is 0 Å². The van der Waals surface area contributed by atoms with Gasteiger partial charge in [-0.1, -0.05) is 27.7 Å². The summed E-state index contributed by atoms with van der Waals surface area (Å²) >= 11 is 1.68. The highest BCUT2D eigenvalue weighted by Gasteiger charge is 2.21. The molecule has 1 aromatic rings. The Morgan fingerprint density at radius 3 is 2.48 bits per heavy atom. The molecule has 4 nitrogen and oxygen atoms in total. The molecule has 5 heteroatoms. The average molecular weight is 309 g/mol. The highest BCUT2D eigenvalue weighted by atomic mass is 32.1. The lowest BCUT2D eigenvalue weighted by molar-refractivity contribution is -0.132. The largest absolute Gasteiger partial charge is 0.340 e. The molecular weight excluding hydrogens is 282 g/mol. The van der Waals surface area contributed by atoms with Gasteiger partial charge in [0.1, 0.15) is 0 Å². The minimum Gasteiger partial charge on any atom is -0.340 e. The fraction of sp³-hybridized carbons (Fsp3) is 0.750. The number of piperazine rings is 1. The predicted octanol–water partition coefficient (Wildman–Crippen LogP) is 2.54. The second-order valence-electron chi connectivity index (χ2n) is 6.69. The van der Waals surface area contributed by atoms with Gasteiger partial charge in [-0.15, -0.1) is 11.3 Å². The maximum absolute atomic E-state index is 12.3. The number of amides is 1. The van der Waals surface area contributed by atoms with E-state index in [1.165, 1.54) is 0 Å². The number of thiazole rings is 1. The Morgan fingerprint density at radius 1 is 1.29 bits per heavy atom. The van der Waals surface area contributed by atoms with Crippen LogP contribution in [0.4, 0.5) is 0 Å². The monoisotopic (exact) mass is 309 g/mol. The Hall–Kier alpha value is -0.940. The number of aromatic nitrogens is 1. The van der Waals surface area contributed by atoms with E-state index in [1.54, 1.807) is 11.3 Å². The lowest BCUT2D eigenvalue weighted by Crippen LogP contribution is -2.48. The fourth-order valence-corrected chi connectivity index (χ4v) is 3.48. The van der Waals surface area contributed by atoms with Crippen LogP contribution in [0, 0.1) is 0 Å². The molecule has 0 spiro atoms. The van der Waals surface area contributed by atoms with Crippen molar-refractivity contribution < 1.29 is 4.79 Å². The van der Waals surface area contributed by atoms with Crippen LogP contribution in [-0.2, 0) is 16.6 Å². The lowest BCUT2D eigenvalue weighted by atomic mass is 9.93. The maximum Gasteiger partial charge on any atom is 0.223 e. The maximum atomic E-state index is 12.3. The molecule has 0 aliphatic carbocycles. The van der Waals surface area contributed by atoms with Gasteiger partial charge in [0.05, 0.1) is 10.7 Å². The van der Waals surface area contributed by atoms with Crippen LogP contribution in [0.25, 0.3) is 0 Å². The molecule has 0 radical (unpaired) electrons. The summed E-state index contributed by atoms with van der Waals surface area (Å²) in [6.07, 6.45) is 1.36. The van der Waals surface area contributed by atoms with E-state index in [0.29, 0.717) is 6.42 Å². The van der Waals surface area contributed by atoms with Gasteiger partial charge >= 0.3 is 0 Å². The third-order valence-electron chi connectivity index (χ3n) is 4.05. The minimum absolute atomic E-state index is 0.0925. The Balaban J connectivity index is 1.80. The van der Waals surface area contributed by atoms with Gasteiger partial charge in [-0.2, -0.15) is 0 Å². The summed E-state index contributed by atoms with van der Waals surface area (Å²) in [7, 11) is 0. The number of likely N-dealkylation sites (N-methyl/N-ethyl adjacent to an activating group) is 1. The van der Waals surface area contributed by atoms with Crippen molar-refractivity contribution in [3.8, 4) is 0 Å². The van der Waals surface area contributed by atoms with Crippen LogP contribution < -0.4 is 0 Å². The lowest BCUT2D eigenvalue weighted by Gasteiger charge is -2.34. The summed E-state index contributed by atoms with van der Waals surface area (Å²) in [6.45, 7) is 13.5. The highest BCUT2D eigenvalue weighted by molar-refractivity contribution is 7.09. The minimum atomic E-state index is 0.0925. The third kappa shape index (κ3) is 4.51. The van der Waals surface area contributed by atoms with Crippen molar-refractivity contribution in [3.05, 3.63) is 16.1 Å². The van der Waals surface area contributed by atoms with E-state index in [9.17, 15) is 4.79 Å². The summed E-state index contributed by atoms with van der Waals surface area (Å²) < 4.78 is 0. The van der Waals surface area contributed by atoms with E-state index in [2.05, 4.69) is 43.0 Å². The van der Waals surface area contributed by atoms with E-state index in [-0.39, 0.29) is 11.3 Å². The van der Waals surface area contributed by atoms with E-state index >= 15 is 0 Å². The molecule has 0 N–H and O–H groups in total. The smallest absolute Gasteiger partial charge is 0.223 e. The molecular formula is C16H27N3OS. The summed E-state index contributed by atoms with van der Waals surface area (Å²) in [5, 5.41) is 3.21. The third-order valence-corrected chi connectivity index (χ3v) is 4.95. The molecule has 0 atom stereocenters. The molecule has 118 valence electrons. The number of nitrogens with zero attached hydrogens (tertiary/aromatic N) is 3. The number of aryl methyl sites for hydroxylation is 1. The van der Waals surface area contributed by atoms with Gasteiger partial charge in [-0.05, 0) is 6.54 Å². The van der Waals surface area contributed by atoms with Crippen molar-refractivity contribution >= 4 is 17.2 Å². The summed E-state index contributed by atoms with van der Waals surface area (Å²) in [4.78, 5) is 21.3. The SMILES string of the molecule is CCN1CCN(C(=O)CCc2nc(C(C)(C)C)cs2)CC1. The Bertz CT molecular complexity index is 470. The molecule has 21 heavy (non-hydrogen) atoms. The number of hydrogen-bond donors (Lipinski definition) is 0. The van der Waals surface area contributed by atoms with E-state index in [0.717, 1.165) is 49.8 Å². The molecule has 0 unspecified atom stereocenters. The average Bonchev–Trinajstić information content (AvgIpc) is 2.94. The van der Waals surface area contributed by atoms with Crippen molar-refractivity contribution in [2.45, 2.75) is 46.0 Å². The van der Waals surface area contributed by atoms with Crippen LogP contribution in [0.5, 0.6) is 0 Å². The molecule has 0 saturated carbocycles. The molecule has 2 heterocycles. The van der Waals surface area contributed by atoms with E-state index in [1.807, 2.05) is 4.90 Å². The number of carbonyl (C=O) groups is 1. The van der Waals surface area contributed by atoms with Crippen molar-refractivity contribution in [1.82, 2.24) is 14.8 Å². The van der Waals surface area contributed by atoms with Gasteiger partial charge in [0.2, 0.25) is 5.91 Å². The van der Waals surface area contributed by atoms with Crippen LogP contribution in [0.15, 0.2) is 5.38 Å². The van der Waals surface area contributed by atoms with Crippen molar-refractivity contribution in [3.63, 3.8) is 0 Å². The van der Waals surface area contributed by atoms with Crippen LogP contribution in [0.3, 0.4) is 0 Å². The van der Waals surface area contributed by atoms with E-state index < -0.39 is 0 Å². The Morgan fingerprint density at radius 2 is 1.95 bits per heavy atom. The van der Waals surface area contributed by atoms with Crippen LogP contribution in [0.1, 0.15) is 44.8 Å². The highest BCUT2D eigenvalue weighted by Crippen LogP contribution is 2.24. The standard InChI is InChI=1S/C16H27N3OS/c1-5-18-8-10-19(11-9-18)15(20)7-6-14-17-13(12-21-14)16(2,3)4/h12H,5-11H2,1-4H3. The topological polar surface area (TPSA) is 36.4 Å². The molecule has 1 aromatic heterocycles. The second kappa shape index (κ2) is 6.88. The zero-order valence-electron chi connectivity index (χ0n) is 13.7. The van der Waals surface area contributed by atoms with Gasteiger partial charge in [0, 0.05) is 49.8 Å².